The van der Waals surface area contributed by atoms with Gasteiger partial charge >= 0.3 is 5.97 Å². The Kier molecular flexibility index (Phi) is 5.92. The van der Waals surface area contributed by atoms with Crippen molar-refractivity contribution in [1.29, 1.82) is 0 Å². The van der Waals surface area contributed by atoms with Crippen LogP contribution in [0.4, 0.5) is 0 Å². The van der Waals surface area contributed by atoms with Gasteiger partial charge in [-0.05, 0) is 25.0 Å². The van der Waals surface area contributed by atoms with Crippen LogP contribution < -0.4 is 5.56 Å². The van der Waals surface area contributed by atoms with Crippen LogP contribution in [0.15, 0.2) is 29.1 Å². The number of carbonyl (C=O) groups is 2. The van der Waals surface area contributed by atoms with Crippen molar-refractivity contribution >= 4 is 34.5 Å². The van der Waals surface area contributed by atoms with Crippen LogP contribution in [0.2, 0.25) is 0 Å². The zero-order valence-electron chi connectivity index (χ0n) is 14.3. The van der Waals surface area contributed by atoms with E-state index in [1.165, 1.54) is 11.8 Å². The van der Waals surface area contributed by atoms with Crippen molar-refractivity contribution < 1.29 is 14.7 Å². The average Bonchev–Trinajstić information content (AvgIpc) is 3.06. The van der Waals surface area contributed by atoms with Crippen LogP contribution in [0.3, 0.4) is 0 Å². The van der Waals surface area contributed by atoms with E-state index in [2.05, 4.69) is 9.97 Å². The molecule has 1 atom stereocenters. The smallest absolute Gasteiger partial charge is 0.305 e. The van der Waals surface area contributed by atoms with E-state index < -0.39 is 5.97 Å². The maximum absolute atomic E-state index is 12.3. The maximum Gasteiger partial charge on any atom is 0.305 e. The Hall–Kier alpha value is -2.35. The summed E-state index contributed by atoms with van der Waals surface area (Å²) in [7, 11) is 0. The highest BCUT2D eigenvalue weighted by Gasteiger charge is 2.29. The van der Waals surface area contributed by atoms with E-state index in [0.717, 1.165) is 12.8 Å². The lowest BCUT2D eigenvalue weighted by Gasteiger charge is -2.23. The number of fused-ring (bicyclic) bond motifs is 1. The summed E-state index contributed by atoms with van der Waals surface area (Å²) < 4.78 is 0. The summed E-state index contributed by atoms with van der Waals surface area (Å²) in [6.45, 7) is 0.640. The highest BCUT2D eigenvalue weighted by molar-refractivity contribution is 7.98. The van der Waals surface area contributed by atoms with Gasteiger partial charge < -0.3 is 15.0 Å². The Balaban J connectivity index is 1.50. The van der Waals surface area contributed by atoms with Gasteiger partial charge in [0.2, 0.25) is 5.91 Å². The van der Waals surface area contributed by atoms with E-state index in [9.17, 15) is 14.4 Å². The average molecular weight is 375 g/mol. The van der Waals surface area contributed by atoms with Crippen molar-refractivity contribution in [1.82, 2.24) is 14.9 Å². The molecule has 1 aliphatic rings. The fourth-order valence-electron chi connectivity index (χ4n) is 3.25. The van der Waals surface area contributed by atoms with Gasteiger partial charge in [-0.15, -0.1) is 0 Å². The molecule has 0 radical (unpaired) electrons. The zero-order valence-corrected chi connectivity index (χ0v) is 15.1. The second-order valence-electron chi connectivity index (χ2n) is 6.31. The van der Waals surface area contributed by atoms with E-state index in [0.29, 0.717) is 41.2 Å². The van der Waals surface area contributed by atoms with Gasteiger partial charge in [0.05, 0.1) is 23.1 Å². The highest BCUT2D eigenvalue weighted by atomic mass is 32.2. The number of nitrogens with zero attached hydrogens (tertiary/aromatic N) is 2. The lowest BCUT2D eigenvalue weighted by molar-refractivity contribution is -0.139. The molecular formula is C18H21N3O4S. The van der Waals surface area contributed by atoms with E-state index in [-0.39, 0.29) is 23.9 Å². The topological polar surface area (TPSA) is 103 Å². The minimum atomic E-state index is -0.865. The standard InChI is InChI=1S/C18H21N3O4S/c22-16(21-8-3-4-12(21)10-17(23)24)7-9-26-11-15-19-14-6-2-1-5-13(14)18(25)20-15/h1-2,5-6,12H,3-4,7-11H2,(H,23,24)(H,19,20,25). The molecule has 1 aliphatic heterocycles. The summed E-state index contributed by atoms with van der Waals surface area (Å²) in [5, 5.41) is 9.50. The molecule has 0 bridgehead atoms. The lowest BCUT2D eigenvalue weighted by Crippen LogP contribution is -2.37. The van der Waals surface area contributed by atoms with Crippen LogP contribution in [-0.4, -0.2) is 50.2 Å². The Morgan fingerprint density at radius 2 is 2.15 bits per heavy atom. The number of amides is 1. The predicted molar refractivity (Wildman–Crippen MR) is 100 cm³/mol. The third kappa shape index (κ3) is 4.43. The summed E-state index contributed by atoms with van der Waals surface area (Å²) in [5.41, 5.74) is 0.507. The molecule has 26 heavy (non-hydrogen) atoms. The van der Waals surface area contributed by atoms with Gasteiger partial charge in [-0.25, -0.2) is 4.98 Å². The molecule has 2 heterocycles. The number of benzene rings is 1. The highest BCUT2D eigenvalue weighted by Crippen LogP contribution is 2.22. The number of carboxylic acids is 1. The first-order chi connectivity index (χ1) is 12.5. The molecule has 8 heteroatoms. The summed E-state index contributed by atoms with van der Waals surface area (Å²) in [4.78, 5) is 44.1. The first-order valence-corrected chi connectivity index (χ1v) is 9.77. The molecule has 1 aromatic heterocycles. The van der Waals surface area contributed by atoms with Crippen LogP contribution in [0.25, 0.3) is 10.9 Å². The molecule has 1 unspecified atom stereocenters. The minimum Gasteiger partial charge on any atom is -0.481 e. The number of aromatic nitrogens is 2. The minimum absolute atomic E-state index is 0.00112. The number of carbonyl (C=O) groups excluding carboxylic acids is 1. The molecule has 1 fully saturated rings. The lowest BCUT2D eigenvalue weighted by atomic mass is 10.1. The van der Waals surface area contributed by atoms with Gasteiger partial charge in [-0.3, -0.25) is 14.4 Å². The van der Waals surface area contributed by atoms with E-state index in [1.54, 1.807) is 23.1 Å². The van der Waals surface area contributed by atoms with Crippen molar-refractivity contribution in [3.63, 3.8) is 0 Å². The first-order valence-electron chi connectivity index (χ1n) is 8.61. The van der Waals surface area contributed by atoms with Crippen molar-refractivity contribution in [2.45, 2.75) is 37.5 Å². The normalized spacial score (nSPS) is 16.9. The SMILES string of the molecule is O=C(O)CC1CCCN1C(=O)CCSCc1nc2ccccc2c(=O)[nH]1. The second-order valence-corrected chi connectivity index (χ2v) is 7.42. The van der Waals surface area contributed by atoms with Crippen molar-refractivity contribution in [2.24, 2.45) is 0 Å². The number of thioether (sulfide) groups is 1. The molecule has 0 spiro atoms. The van der Waals surface area contributed by atoms with Crippen LogP contribution in [0.1, 0.15) is 31.5 Å². The van der Waals surface area contributed by atoms with Gasteiger partial charge in [-0.1, -0.05) is 12.1 Å². The van der Waals surface area contributed by atoms with E-state index in [4.69, 9.17) is 5.11 Å². The number of likely N-dealkylation sites (tertiary alicyclic amines) is 1. The third-order valence-corrected chi connectivity index (χ3v) is 5.44. The molecule has 2 aromatic rings. The van der Waals surface area contributed by atoms with Crippen LogP contribution >= 0.6 is 11.8 Å². The van der Waals surface area contributed by atoms with Gasteiger partial charge in [0.25, 0.3) is 5.56 Å². The molecular weight excluding hydrogens is 354 g/mol. The van der Waals surface area contributed by atoms with Crippen LogP contribution in [-0.2, 0) is 15.3 Å². The predicted octanol–water partition coefficient (Wildman–Crippen LogP) is 2.01. The molecule has 7 nitrogen and oxygen atoms in total. The summed E-state index contributed by atoms with van der Waals surface area (Å²) in [6.07, 6.45) is 1.99. The largest absolute Gasteiger partial charge is 0.481 e. The number of rotatable bonds is 7. The quantitative estimate of drug-likeness (QED) is 0.718. The molecule has 0 saturated carbocycles. The first kappa shape index (κ1) is 18.4. The number of para-hydroxylation sites is 1. The van der Waals surface area contributed by atoms with Gasteiger partial charge in [0.15, 0.2) is 0 Å². The fourth-order valence-corrected chi connectivity index (χ4v) is 4.05. The van der Waals surface area contributed by atoms with Gasteiger partial charge in [0, 0.05) is 24.8 Å². The third-order valence-electron chi connectivity index (χ3n) is 4.47. The van der Waals surface area contributed by atoms with Crippen molar-refractivity contribution in [2.75, 3.05) is 12.3 Å². The Morgan fingerprint density at radius 1 is 1.35 bits per heavy atom. The molecule has 138 valence electrons. The number of aromatic amines is 1. The van der Waals surface area contributed by atoms with Gasteiger partial charge in [0.1, 0.15) is 5.82 Å². The van der Waals surface area contributed by atoms with Crippen LogP contribution in [0, 0.1) is 0 Å². The molecule has 1 saturated heterocycles. The molecule has 0 aliphatic carbocycles. The van der Waals surface area contributed by atoms with E-state index >= 15 is 0 Å². The van der Waals surface area contributed by atoms with E-state index in [1.807, 2.05) is 6.07 Å². The molecule has 1 amide bonds. The monoisotopic (exact) mass is 375 g/mol. The number of hydrogen-bond donors (Lipinski definition) is 2. The van der Waals surface area contributed by atoms with Crippen LogP contribution in [0.5, 0.6) is 0 Å². The number of hydrogen-bond acceptors (Lipinski definition) is 5. The van der Waals surface area contributed by atoms with Gasteiger partial charge in [-0.2, -0.15) is 11.8 Å². The number of nitrogens with one attached hydrogen (secondary N) is 1. The molecule has 2 N–H and O–H groups in total. The maximum atomic E-state index is 12.3. The molecule has 1 aromatic carbocycles. The summed E-state index contributed by atoms with van der Waals surface area (Å²) in [5.74, 6) is 0.852. The Morgan fingerprint density at radius 3 is 2.96 bits per heavy atom. The summed E-state index contributed by atoms with van der Waals surface area (Å²) in [6, 6.07) is 7.01. The second kappa shape index (κ2) is 8.35. The molecule has 3 rings (SSSR count). The number of carboxylic acid groups (broad SMARTS) is 1. The fraction of sp³-hybridized carbons (Fsp3) is 0.444. The Bertz CT molecular complexity index is 867. The zero-order chi connectivity index (χ0) is 18.5. The number of aliphatic carboxylic acids is 1. The Labute approximate surface area is 154 Å². The van der Waals surface area contributed by atoms with Crippen molar-refractivity contribution in [3.8, 4) is 0 Å². The van der Waals surface area contributed by atoms with Crippen molar-refractivity contribution in [3.05, 3.63) is 40.4 Å². The number of H-pyrrole nitrogens is 1. The summed E-state index contributed by atoms with van der Waals surface area (Å²) >= 11 is 1.53.